The fourth-order valence-electron chi connectivity index (χ4n) is 3.87. The molecule has 2 fully saturated rings. The summed E-state index contributed by atoms with van der Waals surface area (Å²) in [4.78, 5) is 33.2. The third-order valence-corrected chi connectivity index (χ3v) is 7.02. The summed E-state index contributed by atoms with van der Waals surface area (Å²) >= 11 is 6.37. The second-order valence-electron chi connectivity index (χ2n) is 8.04. The number of carbonyl (C=O) groups is 2. The van der Waals surface area contributed by atoms with Gasteiger partial charge in [-0.05, 0) is 42.5 Å². The fraction of sp³-hybridized carbons (Fsp3) is 0.391. The number of hydrogen-bond acceptors (Lipinski definition) is 9. The number of nitrogens with zero attached hydrogens (tertiary/aromatic N) is 4. The first-order chi connectivity index (χ1) is 17.4. The number of ether oxygens (including phenoxy) is 2. The highest BCUT2D eigenvalue weighted by Gasteiger charge is 2.33. The van der Waals surface area contributed by atoms with E-state index in [0.29, 0.717) is 49.9 Å². The van der Waals surface area contributed by atoms with Crippen LogP contribution in [0.4, 0.5) is 20.6 Å². The number of anilines is 2. The number of halogens is 1. The number of amides is 2. The Morgan fingerprint density at radius 3 is 2.86 bits per heavy atom. The standard InChI is InChI=1S/C23H27FN6O4S2/c1-33-22(35)26-13-17-14-29(23(32)34-17)16-2-3-20(19(24)12-16)28-9-8-27-30(11-10-28)21(31)15-36-18-4-6-25-7-5-18/h2-7,12,17,27H,8-11,13-15H2,1H3,(H,26,35)/t17-/m0/s1. The molecular formula is C23H27FN6O4S2. The molecule has 2 N–H and O–H groups in total. The van der Waals surface area contributed by atoms with Gasteiger partial charge in [0.15, 0.2) is 0 Å². The summed E-state index contributed by atoms with van der Waals surface area (Å²) in [5.41, 5.74) is 3.96. The van der Waals surface area contributed by atoms with E-state index in [0.717, 1.165) is 4.90 Å². The molecule has 36 heavy (non-hydrogen) atoms. The molecule has 2 amide bonds. The van der Waals surface area contributed by atoms with Gasteiger partial charge in [-0.3, -0.25) is 19.7 Å². The number of benzene rings is 1. The molecule has 0 bridgehead atoms. The Kier molecular flexibility index (Phi) is 8.78. The zero-order valence-electron chi connectivity index (χ0n) is 19.7. The molecule has 2 aromatic rings. The second kappa shape index (κ2) is 12.2. The topological polar surface area (TPSA) is 99.3 Å². The number of rotatable bonds is 7. The van der Waals surface area contributed by atoms with Gasteiger partial charge in [0, 0.05) is 36.9 Å². The van der Waals surface area contributed by atoms with Crippen LogP contribution in [0.5, 0.6) is 0 Å². The molecule has 2 saturated heterocycles. The molecular weight excluding hydrogens is 507 g/mol. The first-order valence-electron chi connectivity index (χ1n) is 11.4. The van der Waals surface area contributed by atoms with E-state index in [2.05, 4.69) is 15.7 Å². The van der Waals surface area contributed by atoms with Crippen molar-refractivity contribution in [2.24, 2.45) is 0 Å². The monoisotopic (exact) mass is 534 g/mol. The van der Waals surface area contributed by atoms with Gasteiger partial charge in [-0.15, -0.1) is 11.8 Å². The summed E-state index contributed by atoms with van der Waals surface area (Å²) < 4.78 is 25.3. The van der Waals surface area contributed by atoms with Gasteiger partial charge < -0.3 is 19.7 Å². The zero-order chi connectivity index (χ0) is 25.5. The number of thiocarbonyl (C=S) groups is 1. The number of cyclic esters (lactones) is 1. The van der Waals surface area contributed by atoms with Crippen LogP contribution in [0.1, 0.15) is 0 Å². The number of methoxy groups -OCH3 is 1. The molecule has 192 valence electrons. The minimum atomic E-state index is -0.546. The summed E-state index contributed by atoms with van der Waals surface area (Å²) in [5.74, 6) is -0.201. The van der Waals surface area contributed by atoms with E-state index < -0.39 is 18.0 Å². The molecule has 2 aliphatic rings. The van der Waals surface area contributed by atoms with Crippen molar-refractivity contribution in [3.63, 3.8) is 0 Å². The van der Waals surface area contributed by atoms with Crippen LogP contribution in [0.15, 0.2) is 47.6 Å². The van der Waals surface area contributed by atoms with Crippen molar-refractivity contribution in [1.29, 1.82) is 0 Å². The molecule has 0 saturated carbocycles. The Morgan fingerprint density at radius 2 is 2.11 bits per heavy atom. The third kappa shape index (κ3) is 6.53. The van der Waals surface area contributed by atoms with E-state index in [4.69, 9.17) is 21.7 Å². The summed E-state index contributed by atoms with van der Waals surface area (Å²) in [7, 11) is 1.45. The molecule has 1 aromatic carbocycles. The first-order valence-corrected chi connectivity index (χ1v) is 12.7. The van der Waals surface area contributed by atoms with Crippen LogP contribution in [-0.4, -0.2) is 85.4 Å². The van der Waals surface area contributed by atoms with Gasteiger partial charge in [0.05, 0.1) is 43.9 Å². The highest BCUT2D eigenvalue weighted by molar-refractivity contribution is 8.00. The second-order valence-corrected chi connectivity index (χ2v) is 9.46. The van der Waals surface area contributed by atoms with Gasteiger partial charge >= 0.3 is 6.09 Å². The van der Waals surface area contributed by atoms with E-state index in [1.165, 1.54) is 29.8 Å². The minimum absolute atomic E-state index is 0.0441. The molecule has 13 heteroatoms. The maximum Gasteiger partial charge on any atom is 0.414 e. The lowest BCUT2D eigenvalue weighted by Gasteiger charge is -2.24. The number of thioether (sulfide) groups is 1. The summed E-state index contributed by atoms with van der Waals surface area (Å²) in [6, 6.07) is 8.40. The Hall–Kier alpha value is -3.16. The molecule has 0 spiro atoms. The normalized spacial score (nSPS) is 18.0. The molecule has 0 unspecified atom stereocenters. The predicted molar refractivity (Wildman–Crippen MR) is 139 cm³/mol. The van der Waals surface area contributed by atoms with Crippen LogP contribution in [0.25, 0.3) is 0 Å². The number of pyridine rings is 1. The summed E-state index contributed by atoms with van der Waals surface area (Å²) in [6.07, 6.45) is 2.39. The van der Waals surface area contributed by atoms with Crippen molar-refractivity contribution >= 4 is 52.5 Å². The van der Waals surface area contributed by atoms with Crippen LogP contribution < -0.4 is 20.5 Å². The van der Waals surface area contributed by atoms with Gasteiger partial charge in [-0.25, -0.2) is 14.6 Å². The zero-order valence-corrected chi connectivity index (χ0v) is 21.3. The summed E-state index contributed by atoms with van der Waals surface area (Å²) in [5, 5.41) is 4.65. The minimum Gasteiger partial charge on any atom is -0.474 e. The van der Waals surface area contributed by atoms with Gasteiger partial charge in [0.2, 0.25) is 5.91 Å². The molecule has 3 heterocycles. The Morgan fingerprint density at radius 1 is 1.31 bits per heavy atom. The van der Waals surface area contributed by atoms with Gasteiger partial charge in [0.25, 0.3) is 5.17 Å². The average Bonchev–Trinajstić information content (AvgIpc) is 3.09. The smallest absolute Gasteiger partial charge is 0.414 e. The molecule has 10 nitrogen and oxygen atoms in total. The average molecular weight is 535 g/mol. The van der Waals surface area contributed by atoms with Crippen LogP contribution in [-0.2, 0) is 14.3 Å². The first kappa shape index (κ1) is 25.9. The lowest BCUT2D eigenvalue weighted by molar-refractivity contribution is -0.131. The van der Waals surface area contributed by atoms with Crippen molar-refractivity contribution < 1.29 is 23.5 Å². The number of hydrogen-bond donors (Lipinski definition) is 2. The maximum atomic E-state index is 15.1. The van der Waals surface area contributed by atoms with Crippen LogP contribution >= 0.6 is 24.0 Å². The lowest BCUT2D eigenvalue weighted by Crippen LogP contribution is -2.44. The number of carbonyl (C=O) groups excluding carboxylic acids is 2. The molecule has 1 aromatic heterocycles. The SMILES string of the molecule is COC(=S)NC[C@H]1CN(c2ccc(N3CCNN(C(=O)CSc4ccncc4)CC3)c(F)c2)C(=O)O1. The highest BCUT2D eigenvalue weighted by Crippen LogP contribution is 2.28. The summed E-state index contributed by atoms with van der Waals surface area (Å²) in [6.45, 7) is 2.45. The maximum absolute atomic E-state index is 15.1. The van der Waals surface area contributed by atoms with Gasteiger partial charge in [-0.2, -0.15) is 0 Å². The number of nitrogens with one attached hydrogen (secondary N) is 2. The molecule has 4 rings (SSSR count). The van der Waals surface area contributed by atoms with Crippen LogP contribution in [0.2, 0.25) is 0 Å². The number of hydrazine groups is 1. The van der Waals surface area contributed by atoms with Crippen molar-refractivity contribution in [3.8, 4) is 0 Å². The quantitative estimate of drug-likeness (QED) is 0.405. The van der Waals surface area contributed by atoms with Crippen molar-refractivity contribution in [2.45, 2.75) is 11.0 Å². The lowest BCUT2D eigenvalue weighted by atomic mass is 10.2. The largest absolute Gasteiger partial charge is 0.474 e. The number of aromatic nitrogens is 1. The molecule has 0 aliphatic carbocycles. The highest BCUT2D eigenvalue weighted by atomic mass is 32.2. The third-order valence-electron chi connectivity index (χ3n) is 5.71. The van der Waals surface area contributed by atoms with Crippen LogP contribution in [0.3, 0.4) is 0 Å². The van der Waals surface area contributed by atoms with Gasteiger partial charge in [0.1, 0.15) is 11.9 Å². The van der Waals surface area contributed by atoms with E-state index in [1.807, 2.05) is 17.0 Å². The molecule has 1 atom stereocenters. The fourth-order valence-corrected chi connectivity index (χ4v) is 4.71. The van der Waals surface area contributed by atoms with Crippen LogP contribution in [0, 0.1) is 5.82 Å². The van der Waals surface area contributed by atoms with E-state index in [-0.39, 0.29) is 17.6 Å². The van der Waals surface area contributed by atoms with Crippen molar-refractivity contribution in [1.82, 2.24) is 20.7 Å². The van der Waals surface area contributed by atoms with E-state index >= 15 is 4.39 Å². The predicted octanol–water partition coefficient (Wildman–Crippen LogP) is 2.01. The van der Waals surface area contributed by atoms with E-state index in [9.17, 15) is 9.59 Å². The Bertz CT molecular complexity index is 1100. The van der Waals surface area contributed by atoms with Crippen molar-refractivity contribution in [2.75, 3.05) is 61.9 Å². The van der Waals surface area contributed by atoms with E-state index in [1.54, 1.807) is 29.5 Å². The molecule has 2 aliphatic heterocycles. The Balaban J connectivity index is 1.32. The van der Waals surface area contributed by atoms with Gasteiger partial charge in [-0.1, -0.05) is 0 Å². The Labute approximate surface area is 218 Å². The van der Waals surface area contributed by atoms with Crippen molar-refractivity contribution in [3.05, 3.63) is 48.5 Å². The molecule has 0 radical (unpaired) electrons.